The van der Waals surface area contributed by atoms with Crippen LogP contribution in [0.4, 0.5) is 4.39 Å². The Hall–Kier alpha value is -1.40. The predicted octanol–water partition coefficient (Wildman–Crippen LogP) is 3.31. The average molecular weight is 474 g/mol. The van der Waals surface area contributed by atoms with E-state index in [0.717, 1.165) is 25.7 Å². The van der Waals surface area contributed by atoms with Crippen molar-refractivity contribution in [1.29, 1.82) is 5.26 Å². The lowest BCUT2D eigenvalue weighted by Gasteiger charge is -2.38. The second kappa shape index (κ2) is 10.7. The van der Waals surface area contributed by atoms with Gasteiger partial charge in [0.15, 0.2) is 5.96 Å². The molecule has 1 aromatic carbocycles. The molecule has 0 aliphatic heterocycles. The van der Waals surface area contributed by atoms with Crippen molar-refractivity contribution in [3.8, 4) is 6.07 Å². The van der Waals surface area contributed by atoms with Crippen LogP contribution < -0.4 is 10.6 Å². The molecule has 1 fully saturated rings. The number of nitriles is 1. The van der Waals surface area contributed by atoms with Crippen molar-refractivity contribution >= 4 is 29.9 Å². The summed E-state index contributed by atoms with van der Waals surface area (Å²) in [5.74, 6) is 0.219. The molecular formula is C19H28FIN4O. The van der Waals surface area contributed by atoms with Crippen LogP contribution in [0.2, 0.25) is 0 Å². The Balaban J connectivity index is 0.00000338. The second-order valence-electron chi connectivity index (χ2n) is 6.88. The third-order valence-corrected chi connectivity index (χ3v) is 4.87. The van der Waals surface area contributed by atoms with E-state index in [9.17, 15) is 9.50 Å². The lowest BCUT2D eigenvalue weighted by molar-refractivity contribution is 0.00397. The molecule has 2 atom stereocenters. The number of aliphatic hydroxyl groups excluding tert-OH is 1. The van der Waals surface area contributed by atoms with E-state index in [1.165, 1.54) is 18.2 Å². The lowest BCUT2D eigenvalue weighted by atomic mass is 9.73. The van der Waals surface area contributed by atoms with Gasteiger partial charge in [0.1, 0.15) is 5.82 Å². The maximum absolute atomic E-state index is 13.9. The van der Waals surface area contributed by atoms with Gasteiger partial charge in [-0.3, -0.25) is 0 Å². The minimum Gasteiger partial charge on any atom is -0.392 e. The van der Waals surface area contributed by atoms with Crippen molar-refractivity contribution < 1.29 is 9.50 Å². The van der Waals surface area contributed by atoms with Crippen molar-refractivity contribution in [2.75, 3.05) is 13.1 Å². The van der Waals surface area contributed by atoms with Gasteiger partial charge in [-0.25, -0.2) is 9.38 Å². The normalized spacial score (nSPS) is 22.9. The van der Waals surface area contributed by atoms with Gasteiger partial charge < -0.3 is 15.7 Å². The smallest absolute Gasteiger partial charge is 0.191 e. The van der Waals surface area contributed by atoms with Crippen molar-refractivity contribution in [2.24, 2.45) is 10.4 Å². The number of hydrogen-bond donors (Lipinski definition) is 3. The fourth-order valence-electron chi connectivity index (χ4n) is 3.14. The highest BCUT2D eigenvalue weighted by Gasteiger charge is 2.35. The van der Waals surface area contributed by atoms with Crippen LogP contribution in [0.15, 0.2) is 23.2 Å². The molecule has 3 N–H and O–H groups in total. The second-order valence-corrected chi connectivity index (χ2v) is 6.88. The van der Waals surface area contributed by atoms with Crippen LogP contribution >= 0.6 is 24.0 Å². The number of aliphatic hydroxyl groups is 1. The van der Waals surface area contributed by atoms with E-state index in [4.69, 9.17) is 5.26 Å². The van der Waals surface area contributed by atoms with Gasteiger partial charge in [-0.2, -0.15) is 5.26 Å². The number of benzene rings is 1. The summed E-state index contributed by atoms with van der Waals surface area (Å²) >= 11 is 0. The van der Waals surface area contributed by atoms with E-state index in [1.807, 2.05) is 13.0 Å². The summed E-state index contributed by atoms with van der Waals surface area (Å²) in [7, 11) is 0. The van der Waals surface area contributed by atoms with E-state index in [1.54, 1.807) is 0 Å². The molecule has 7 heteroatoms. The third kappa shape index (κ3) is 6.09. The summed E-state index contributed by atoms with van der Waals surface area (Å²) in [6.07, 6.45) is 3.67. The van der Waals surface area contributed by atoms with Crippen LogP contribution in [-0.4, -0.2) is 30.3 Å². The van der Waals surface area contributed by atoms with Gasteiger partial charge in [0.25, 0.3) is 0 Å². The number of hydrogen-bond acceptors (Lipinski definition) is 3. The van der Waals surface area contributed by atoms with Crippen LogP contribution in [0.5, 0.6) is 0 Å². The summed E-state index contributed by atoms with van der Waals surface area (Å²) in [6.45, 7) is 5.50. The summed E-state index contributed by atoms with van der Waals surface area (Å²) in [6, 6.07) is 6.28. The summed E-state index contributed by atoms with van der Waals surface area (Å²) in [5.41, 5.74) is 0.628. The number of nitrogens with zero attached hydrogens (tertiary/aromatic N) is 2. The Bertz CT molecular complexity index is 661. The molecule has 5 nitrogen and oxygen atoms in total. The quantitative estimate of drug-likeness (QED) is 0.348. The minimum atomic E-state index is -0.367. The lowest BCUT2D eigenvalue weighted by Crippen LogP contribution is -2.48. The van der Waals surface area contributed by atoms with Crippen LogP contribution in [0.25, 0.3) is 0 Å². The molecule has 26 heavy (non-hydrogen) atoms. The molecular weight excluding hydrogens is 446 g/mol. The predicted molar refractivity (Wildman–Crippen MR) is 112 cm³/mol. The molecule has 2 rings (SSSR count). The Morgan fingerprint density at radius 3 is 2.85 bits per heavy atom. The molecule has 0 saturated heterocycles. The zero-order chi connectivity index (χ0) is 18.3. The third-order valence-electron chi connectivity index (χ3n) is 4.87. The molecule has 0 spiro atoms. The minimum absolute atomic E-state index is 0. The van der Waals surface area contributed by atoms with Crippen LogP contribution in [-0.2, 0) is 6.54 Å². The first-order valence-electron chi connectivity index (χ1n) is 8.87. The molecule has 1 saturated carbocycles. The monoisotopic (exact) mass is 474 g/mol. The number of halogens is 2. The van der Waals surface area contributed by atoms with Crippen molar-refractivity contribution in [1.82, 2.24) is 10.6 Å². The van der Waals surface area contributed by atoms with E-state index >= 15 is 0 Å². The highest BCUT2D eigenvalue weighted by atomic mass is 127. The average Bonchev–Trinajstić information content (AvgIpc) is 2.61. The van der Waals surface area contributed by atoms with Gasteiger partial charge in [-0.1, -0.05) is 19.8 Å². The topological polar surface area (TPSA) is 80.4 Å². The first-order valence-corrected chi connectivity index (χ1v) is 8.87. The van der Waals surface area contributed by atoms with Gasteiger partial charge in [0.05, 0.1) is 24.3 Å². The first-order chi connectivity index (χ1) is 12.0. The SMILES string of the molecule is CCNC(=NCc1cc(C#N)ccc1F)NCC1(C)CCCCC1O.I. The number of nitrogens with one attached hydrogen (secondary N) is 2. The molecule has 1 aliphatic rings. The maximum atomic E-state index is 13.9. The Morgan fingerprint density at radius 2 is 2.19 bits per heavy atom. The molecule has 0 radical (unpaired) electrons. The highest BCUT2D eigenvalue weighted by Crippen LogP contribution is 2.35. The van der Waals surface area contributed by atoms with Gasteiger partial charge in [0, 0.05) is 24.1 Å². The van der Waals surface area contributed by atoms with Gasteiger partial charge in [0.2, 0.25) is 0 Å². The molecule has 2 unspecified atom stereocenters. The zero-order valence-corrected chi connectivity index (χ0v) is 17.7. The zero-order valence-electron chi connectivity index (χ0n) is 15.4. The first kappa shape index (κ1) is 22.6. The highest BCUT2D eigenvalue weighted by molar-refractivity contribution is 14.0. The standard InChI is InChI=1S/C19H27FN4O.HI/c1-3-22-18(24-13-19(2)9-5-4-6-17(19)25)23-12-15-10-14(11-21)7-8-16(15)20;/h7-8,10,17,25H,3-6,9,12-13H2,1-2H3,(H2,22,23,24);1H. The summed E-state index contributed by atoms with van der Waals surface area (Å²) < 4.78 is 13.9. The van der Waals surface area contributed by atoms with Gasteiger partial charge in [-0.05, 0) is 38.0 Å². The number of rotatable bonds is 5. The van der Waals surface area contributed by atoms with Crippen LogP contribution in [0, 0.1) is 22.6 Å². The molecule has 144 valence electrons. The van der Waals surface area contributed by atoms with Crippen molar-refractivity contribution in [3.05, 3.63) is 35.1 Å². The molecule has 1 aromatic rings. The Kier molecular flexibility index (Phi) is 9.30. The van der Waals surface area contributed by atoms with Gasteiger partial charge >= 0.3 is 0 Å². The number of guanidine groups is 1. The van der Waals surface area contributed by atoms with E-state index in [-0.39, 0.29) is 47.9 Å². The Morgan fingerprint density at radius 1 is 1.42 bits per heavy atom. The summed E-state index contributed by atoms with van der Waals surface area (Å²) in [4.78, 5) is 4.42. The molecule has 0 aromatic heterocycles. The van der Waals surface area contributed by atoms with Crippen LogP contribution in [0.1, 0.15) is 50.7 Å². The Labute approximate surface area is 172 Å². The fourth-order valence-corrected chi connectivity index (χ4v) is 3.14. The van der Waals surface area contributed by atoms with Crippen LogP contribution in [0.3, 0.4) is 0 Å². The molecule has 0 heterocycles. The van der Waals surface area contributed by atoms with E-state index in [2.05, 4.69) is 22.5 Å². The van der Waals surface area contributed by atoms with Crippen molar-refractivity contribution in [2.45, 2.75) is 52.2 Å². The summed E-state index contributed by atoms with van der Waals surface area (Å²) in [5, 5.41) is 25.6. The maximum Gasteiger partial charge on any atom is 0.191 e. The van der Waals surface area contributed by atoms with Crippen molar-refractivity contribution in [3.63, 3.8) is 0 Å². The molecule has 1 aliphatic carbocycles. The van der Waals surface area contributed by atoms with E-state index < -0.39 is 0 Å². The number of aliphatic imine (C=N–C) groups is 1. The largest absolute Gasteiger partial charge is 0.392 e. The van der Waals surface area contributed by atoms with Gasteiger partial charge in [-0.15, -0.1) is 24.0 Å². The molecule has 0 amide bonds. The van der Waals surface area contributed by atoms with E-state index in [0.29, 0.717) is 30.2 Å². The molecule has 0 bridgehead atoms. The fraction of sp³-hybridized carbons (Fsp3) is 0.579.